The number of rotatable bonds is 1. The molecule has 4 nitrogen and oxygen atoms in total. The van der Waals surface area contributed by atoms with E-state index in [9.17, 15) is 4.79 Å². The predicted octanol–water partition coefficient (Wildman–Crippen LogP) is 2.07. The van der Waals surface area contributed by atoms with Crippen LogP contribution in [0.2, 0.25) is 0 Å². The summed E-state index contributed by atoms with van der Waals surface area (Å²) in [6, 6.07) is 0.694. The van der Waals surface area contributed by atoms with E-state index in [1.807, 2.05) is 20.8 Å². The van der Waals surface area contributed by atoms with E-state index in [0.717, 1.165) is 18.9 Å². The first-order chi connectivity index (χ1) is 7.44. The van der Waals surface area contributed by atoms with Crippen LogP contribution in [0.4, 0.5) is 4.79 Å². The fraction of sp³-hybridized carbons (Fsp3) is 0.917. The van der Waals surface area contributed by atoms with Gasteiger partial charge in [-0.3, -0.25) is 0 Å². The Labute approximate surface area is 109 Å². The SMILES string of the molecule is CC(C)(C)OC(=O)NC1CC2CCC1NC2.Cl. The second-order valence-electron chi connectivity index (χ2n) is 5.95. The summed E-state index contributed by atoms with van der Waals surface area (Å²) in [6.07, 6.45) is 3.28. The molecule has 0 aromatic heterocycles. The quantitative estimate of drug-likeness (QED) is 0.761. The second-order valence-corrected chi connectivity index (χ2v) is 5.95. The minimum absolute atomic E-state index is 0. The number of amides is 1. The van der Waals surface area contributed by atoms with Crippen LogP contribution in [0.1, 0.15) is 40.0 Å². The number of hydrogen-bond donors (Lipinski definition) is 2. The van der Waals surface area contributed by atoms with E-state index in [4.69, 9.17) is 4.74 Å². The zero-order valence-electron chi connectivity index (χ0n) is 10.8. The predicted molar refractivity (Wildman–Crippen MR) is 69.5 cm³/mol. The summed E-state index contributed by atoms with van der Waals surface area (Å²) in [7, 11) is 0. The van der Waals surface area contributed by atoms with Gasteiger partial charge in [-0.2, -0.15) is 0 Å². The minimum Gasteiger partial charge on any atom is -0.444 e. The molecule has 100 valence electrons. The van der Waals surface area contributed by atoms with Crippen molar-refractivity contribution in [3.05, 3.63) is 0 Å². The molecule has 3 atom stereocenters. The van der Waals surface area contributed by atoms with E-state index >= 15 is 0 Å². The average molecular weight is 263 g/mol. The molecule has 2 N–H and O–H groups in total. The Morgan fingerprint density at radius 1 is 1.35 bits per heavy atom. The van der Waals surface area contributed by atoms with Crippen molar-refractivity contribution < 1.29 is 9.53 Å². The van der Waals surface area contributed by atoms with Crippen LogP contribution in [0.5, 0.6) is 0 Å². The van der Waals surface area contributed by atoms with E-state index in [1.54, 1.807) is 0 Å². The van der Waals surface area contributed by atoms with Crippen molar-refractivity contribution in [3.8, 4) is 0 Å². The number of piperidine rings is 2. The maximum atomic E-state index is 11.6. The Morgan fingerprint density at radius 2 is 2.06 bits per heavy atom. The van der Waals surface area contributed by atoms with Gasteiger partial charge in [-0.25, -0.2) is 4.79 Å². The highest BCUT2D eigenvalue weighted by atomic mass is 35.5. The first-order valence-electron chi connectivity index (χ1n) is 6.17. The minimum atomic E-state index is -0.412. The van der Waals surface area contributed by atoms with Crippen molar-refractivity contribution in [3.63, 3.8) is 0 Å². The van der Waals surface area contributed by atoms with E-state index in [-0.39, 0.29) is 24.5 Å². The van der Waals surface area contributed by atoms with Crippen LogP contribution in [-0.2, 0) is 4.74 Å². The van der Waals surface area contributed by atoms with Gasteiger partial charge < -0.3 is 15.4 Å². The van der Waals surface area contributed by atoms with Crippen molar-refractivity contribution >= 4 is 18.5 Å². The molecule has 1 aliphatic carbocycles. The van der Waals surface area contributed by atoms with Gasteiger partial charge in [0.1, 0.15) is 5.60 Å². The van der Waals surface area contributed by atoms with Crippen LogP contribution >= 0.6 is 12.4 Å². The van der Waals surface area contributed by atoms with Crippen molar-refractivity contribution in [1.29, 1.82) is 0 Å². The molecule has 3 rings (SSSR count). The normalized spacial score (nSPS) is 31.6. The highest BCUT2D eigenvalue weighted by Crippen LogP contribution is 2.29. The lowest BCUT2D eigenvalue weighted by atomic mass is 9.78. The molecule has 3 unspecified atom stereocenters. The molecule has 0 radical (unpaired) electrons. The van der Waals surface area contributed by atoms with Crippen molar-refractivity contribution in [2.75, 3.05) is 6.54 Å². The van der Waals surface area contributed by atoms with Gasteiger partial charge in [0.05, 0.1) is 0 Å². The maximum absolute atomic E-state index is 11.6. The smallest absolute Gasteiger partial charge is 0.407 e. The van der Waals surface area contributed by atoms with Crippen LogP contribution in [0.15, 0.2) is 0 Å². The van der Waals surface area contributed by atoms with Crippen LogP contribution < -0.4 is 10.6 Å². The summed E-state index contributed by atoms with van der Waals surface area (Å²) in [4.78, 5) is 11.6. The standard InChI is InChI=1S/C12H22N2O2.ClH/c1-12(2,3)16-11(15)14-10-6-8-4-5-9(10)13-7-8;/h8-10,13H,4-7H2,1-3H3,(H,14,15);1H. The molecular weight excluding hydrogens is 240 g/mol. The zero-order valence-corrected chi connectivity index (χ0v) is 11.6. The molecular formula is C12H23ClN2O2. The summed E-state index contributed by atoms with van der Waals surface area (Å²) in [5, 5.41) is 6.45. The monoisotopic (exact) mass is 262 g/mol. The molecule has 1 amide bonds. The Balaban J connectivity index is 0.00000144. The highest BCUT2D eigenvalue weighted by Gasteiger charge is 2.36. The largest absolute Gasteiger partial charge is 0.444 e. The van der Waals surface area contributed by atoms with Gasteiger partial charge in [0.15, 0.2) is 0 Å². The topological polar surface area (TPSA) is 50.4 Å². The molecule has 2 aliphatic heterocycles. The van der Waals surface area contributed by atoms with Gasteiger partial charge in [-0.15, -0.1) is 12.4 Å². The lowest BCUT2D eigenvalue weighted by Gasteiger charge is -2.43. The number of ether oxygens (including phenoxy) is 1. The molecule has 5 heteroatoms. The third kappa shape index (κ3) is 4.03. The summed E-state index contributed by atoms with van der Waals surface area (Å²) in [5.41, 5.74) is -0.412. The Bertz CT molecular complexity index is 270. The Morgan fingerprint density at radius 3 is 2.47 bits per heavy atom. The number of hydrogen-bond acceptors (Lipinski definition) is 3. The van der Waals surface area contributed by atoms with E-state index in [2.05, 4.69) is 10.6 Å². The number of carbonyl (C=O) groups excluding carboxylic acids is 1. The third-order valence-corrected chi connectivity index (χ3v) is 3.33. The van der Waals surface area contributed by atoms with Crippen LogP contribution in [0.3, 0.4) is 0 Å². The zero-order chi connectivity index (χ0) is 11.8. The Hall–Kier alpha value is -0.480. The maximum Gasteiger partial charge on any atom is 0.407 e. The molecule has 0 spiro atoms. The lowest BCUT2D eigenvalue weighted by Crippen LogP contribution is -2.59. The number of carbonyl (C=O) groups is 1. The fourth-order valence-electron chi connectivity index (χ4n) is 2.62. The second kappa shape index (κ2) is 5.44. The third-order valence-electron chi connectivity index (χ3n) is 3.33. The van der Waals surface area contributed by atoms with Crippen LogP contribution in [-0.4, -0.2) is 30.3 Å². The van der Waals surface area contributed by atoms with Gasteiger partial charge >= 0.3 is 6.09 Å². The molecule has 1 saturated carbocycles. The van der Waals surface area contributed by atoms with E-state index in [0.29, 0.717) is 6.04 Å². The molecule has 0 aromatic carbocycles. The van der Waals surface area contributed by atoms with Gasteiger partial charge in [0, 0.05) is 12.1 Å². The molecule has 3 fully saturated rings. The summed E-state index contributed by atoms with van der Waals surface area (Å²) < 4.78 is 5.27. The van der Waals surface area contributed by atoms with Crippen molar-refractivity contribution in [1.82, 2.24) is 10.6 Å². The van der Waals surface area contributed by atoms with Gasteiger partial charge in [-0.1, -0.05) is 0 Å². The number of halogens is 1. The van der Waals surface area contributed by atoms with Crippen LogP contribution in [0, 0.1) is 5.92 Å². The number of nitrogens with one attached hydrogen (secondary N) is 2. The summed E-state index contributed by atoms with van der Waals surface area (Å²) in [6.45, 7) is 6.77. The molecule has 2 bridgehead atoms. The lowest BCUT2D eigenvalue weighted by molar-refractivity contribution is 0.0440. The summed E-state index contributed by atoms with van der Waals surface area (Å²) >= 11 is 0. The molecule has 17 heavy (non-hydrogen) atoms. The van der Waals surface area contributed by atoms with Crippen molar-refractivity contribution in [2.45, 2.75) is 57.7 Å². The fourth-order valence-corrected chi connectivity index (χ4v) is 2.62. The number of fused-ring (bicyclic) bond motifs is 3. The average Bonchev–Trinajstić information content (AvgIpc) is 2.16. The van der Waals surface area contributed by atoms with Gasteiger partial charge in [-0.05, 0) is 52.5 Å². The molecule has 3 aliphatic rings. The molecule has 2 saturated heterocycles. The summed E-state index contributed by atoms with van der Waals surface area (Å²) in [5.74, 6) is 0.727. The first kappa shape index (κ1) is 14.6. The van der Waals surface area contributed by atoms with E-state index in [1.165, 1.54) is 12.8 Å². The highest BCUT2D eigenvalue weighted by molar-refractivity contribution is 5.85. The van der Waals surface area contributed by atoms with E-state index < -0.39 is 5.60 Å². The molecule has 2 heterocycles. The Kier molecular flexibility index (Phi) is 4.67. The van der Waals surface area contributed by atoms with Gasteiger partial charge in [0.25, 0.3) is 0 Å². The van der Waals surface area contributed by atoms with Crippen LogP contribution in [0.25, 0.3) is 0 Å². The number of alkyl carbamates (subject to hydrolysis) is 1. The first-order valence-corrected chi connectivity index (χ1v) is 6.17. The van der Waals surface area contributed by atoms with Gasteiger partial charge in [0.2, 0.25) is 0 Å². The molecule has 0 aromatic rings. The van der Waals surface area contributed by atoms with Crippen molar-refractivity contribution in [2.24, 2.45) is 5.92 Å².